The third kappa shape index (κ3) is 6.04. The Morgan fingerprint density at radius 1 is 0.922 bits per heavy atom. The SMILES string of the molecule is CC(=O)OC[C@H]1O[C@@H](Oc2ccc3c(c2CF)[Si](C)(C)c2cc(N(C)C)ccc2C32OC(=O)c3ccccc32)[C@H](O)[C@@H](OC(C)=O)[C@H]1OC(C)=O. The van der Waals surface area contributed by atoms with Crippen LogP contribution in [-0.4, -0.2) is 88.5 Å². The highest BCUT2D eigenvalue weighted by molar-refractivity contribution is 7.01. The van der Waals surface area contributed by atoms with Crippen molar-refractivity contribution in [3.05, 3.63) is 82.4 Å². The minimum Gasteiger partial charge on any atom is -0.463 e. The normalized spacial score (nSPS) is 25.5. The number of ether oxygens (including phenoxy) is 6. The van der Waals surface area contributed by atoms with Gasteiger partial charge < -0.3 is 38.4 Å². The fraction of sp³-hybridized carbons (Fsp3) is 0.405. The van der Waals surface area contributed by atoms with Crippen molar-refractivity contribution in [3.8, 4) is 5.75 Å². The number of esters is 4. The van der Waals surface area contributed by atoms with Crippen molar-refractivity contribution in [1.82, 2.24) is 0 Å². The Morgan fingerprint density at radius 3 is 2.24 bits per heavy atom. The maximum absolute atomic E-state index is 15.7. The van der Waals surface area contributed by atoms with Crippen molar-refractivity contribution in [2.45, 2.75) is 76.8 Å². The zero-order valence-electron chi connectivity index (χ0n) is 29.4. The Balaban J connectivity index is 1.51. The molecule has 0 aliphatic carbocycles. The van der Waals surface area contributed by atoms with E-state index in [2.05, 4.69) is 19.2 Å². The summed E-state index contributed by atoms with van der Waals surface area (Å²) in [6.07, 6.45) is -7.41. The third-order valence-electron chi connectivity index (χ3n) is 9.66. The van der Waals surface area contributed by atoms with Crippen molar-refractivity contribution in [2.75, 3.05) is 25.6 Å². The van der Waals surface area contributed by atoms with Crippen LogP contribution in [0.5, 0.6) is 5.75 Å². The standard InChI is InChI=1S/C37H40FNO11Si/c1-19(40)45-18-29-32(46-20(2)41)33(47-21(3)42)31(43)36(49-29)48-28-15-14-27-34(24(28)17-38)51(6,7)30-16-22(39(4)5)12-13-26(30)37(27)25-11-9-8-10-23(25)35(44)50-37/h8-16,29,31-33,36,43H,17-18H2,1-7H3/t29-,31-,32+,33-,36-,37?/m1/s1. The van der Waals surface area contributed by atoms with Gasteiger partial charge in [0, 0.05) is 62.8 Å². The maximum Gasteiger partial charge on any atom is 0.340 e. The minimum atomic E-state index is -2.85. The van der Waals surface area contributed by atoms with Crippen molar-refractivity contribution in [1.29, 1.82) is 0 Å². The van der Waals surface area contributed by atoms with E-state index in [9.17, 15) is 24.3 Å². The van der Waals surface area contributed by atoms with Crippen LogP contribution in [0.4, 0.5) is 10.1 Å². The van der Waals surface area contributed by atoms with Gasteiger partial charge in [0.05, 0.1) is 5.56 Å². The Kier molecular flexibility index (Phi) is 9.46. The zero-order valence-corrected chi connectivity index (χ0v) is 30.4. The van der Waals surface area contributed by atoms with Gasteiger partial charge in [0.15, 0.2) is 23.9 Å². The molecule has 0 saturated carbocycles. The molecule has 1 unspecified atom stereocenters. The van der Waals surface area contributed by atoms with E-state index in [0.29, 0.717) is 21.9 Å². The van der Waals surface area contributed by atoms with Gasteiger partial charge in [0.25, 0.3) is 0 Å². The highest BCUT2D eigenvalue weighted by Gasteiger charge is 2.57. The molecule has 14 heteroatoms. The minimum absolute atomic E-state index is 0.0274. The van der Waals surface area contributed by atoms with Crippen molar-refractivity contribution in [3.63, 3.8) is 0 Å². The molecule has 3 aliphatic heterocycles. The number of aliphatic hydroxyl groups is 1. The van der Waals surface area contributed by atoms with Crippen molar-refractivity contribution in [2.24, 2.45) is 0 Å². The van der Waals surface area contributed by atoms with E-state index in [1.54, 1.807) is 18.2 Å². The summed E-state index contributed by atoms with van der Waals surface area (Å²) in [5.74, 6) is -2.68. The second-order valence-corrected chi connectivity index (χ2v) is 17.9. The van der Waals surface area contributed by atoms with Crippen LogP contribution >= 0.6 is 0 Å². The van der Waals surface area contributed by atoms with Gasteiger partial charge in [0.2, 0.25) is 6.29 Å². The number of halogens is 1. The summed E-state index contributed by atoms with van der Waals surface area (Å²) in [6, 6.07) is 16.4. The van der Waals surface area contributed by atoms with Crippen LogP contribution in [0.3, 0.4) is 0 Å². The molecule has 1 N–H and O–H groups in total. The highest BCUT2D eigenvalue weighted by atomic mass is 28.3. The summed E-state index contributed by atoms with van der Waals surface area (Å²) in [6.45, 7) is 6.16. The molecule has 3 aromatic rings. The molecule has 51 heavy (non-hydrogen) atoms. The molecule has 12 nitrogen and oxygen atoms in total. The predicted molar refractivity (Wildman–Crippen MR) is 184 cm³/mol. The average molecular weight is 722 g/mol. The summed E-state index contributed by atoms with van der Waals surface area (Å²) < 4.78 is 50.2. The Labute approximate surface area is 295 Å². The Bertz CT molecular complexity index is 1910. The van der Waals surface area contributed by atoms with Gasteiger partial charge >= 0.3 is 23.9 Å². The smallest absolute Gasteiger partial charge is 0.340 e. The first kappa shape index (κ1) is 36.0. The highest BCUT2D eigenvalue weighted by Crippen LogP contribution is 2.50. The van der Waals surface area contributed by atoms with Crippen LogP contribution < -0.4 is 20.0 Å². The summed E-state index contributed by atoms with van der Waals surface area (Å²) in [7, 11) is 0.990. The van der Waals surface area contributed by atoms with Crippen LogP contribution in [0.25, 0.3) is 0 Å². The van der Waals surface area contributed by atoms with E-state index in [1.165, 1.54) is 13.0 Å². The van der Waals surface area contributed by atoms with Crippen LogP contribution in [0.2, 0.25) is 13.1 Å². The fourth-order valence-corrected chi connectivity index (χ4v) is 11.1. The van der Waals surface area contributed by atoms with E-state index in [0.717, 1.165) is 30.3 Å². The lowest BCUT2D eigenvalue weighted by Crippen LogP contribution is -2.64. The van der Waals surface area contributed by atoms with E-state index < -0.39 is 81.5 Å². The summed E-state index contributed by atoms with van der Waals surface area (Å²) in [5.41, 5.74) is 2.16. The molecule has 3 heterocycles. The number of hydrogen-bond donors (Lipinski definition) is 1. The van der Waals surface area contributed by atoms with E-state index in [-0.39, 0.29) is 11.3 Å². The molecule has 6 atom stereocenters. The number of nitrogens with zero attached hydrogens (tertiary/aromatic N) is 1. The molecule has 270 valence electrons. The monoisotopic (exact) mass is 721 g/mol. The zero-order chi connectivity index (χ0) is 37.0. The van der Waals surface area contributed by atoms with Crippen LogP contribution in [0.1, 0.15) is 53.4 Å². The quantitative estimate of drug-likeness (QED) is 0.207. The van der Waals surface area contributed by atoms with Gasteiger partial charge in [-0.1, -0.05) is 43.4 Å². The number of aliphatic hydroxyl groups excluding tert-OH is 1. The molecule has 0 radical (unpaired) electrons. The van der Waals surface area contributed by atoms with E-state index >= 15 is 4.39 Å². The maximum atomic E-state index is 15.7. The third-order valence-corrected chi connectivity index (χ3v) is 13.2. The lowest BCUT2D eigenvalue weighted by Gasteiger charge is -2.45. The molecule has 1 saturated heterocycles. The number of carbonyl (C=O) groups is 4. The first-order valence-corrected chi connectivity index (χ1v) is 19.5. The lowest BCUT2D eigenvalue weighted by atomic mass is 9.78. The van der Waals surface area contributed by atoms with Crippen molar-refractivity contribution < 1.29 is 57.1 Å². The number of alkyl halides is 1. The van der Waals surface area contributed by atoms with Gasteiger partial charge in [-0.3, -0.25) is 14.4 Å². The van der Waals surface area contributed by atoms with Crippen LogP contribution in [0.15, 0.2) is 54.6 Å². The molecule has 3 aliphatic rings. The van der Waals surface area contributed by atoms with Gasteiger partial charge in [0.1, 0.15) is 33.2 Å². The molecule has 1 spiro atoms. The molecular weight excluding hydrogens is 681 g/mol. The molecule has 0 bridgehead atoms. The number of fused-ring (bicyclic) bond motifs is 6. The molecule has 0 aromatic heterocycles. The lowest BCUT2D eigenvalue weighted by molar-refractivity contribution is -0.285. The van der Waals surface area contributed by atoms with Crippen molar-refractivity contribution >= 4 is 48.0 Å². The average Bonchev–Trinajstić information content (AvgIpc) is 3.37. The molecule has 3 aromatic carbocycles. The van der Waals surface area contributed by atoms with E-state index in [1.807, 2.05) is 43.3 Å². The van der Waals surface area contributed by atoms with Gasteiger partial charge in [-0.2, -0.15) is 0 Å². The first-order chi connectivity index (χ1) is 24.1. The van der Waals surface area contributed by atoms with Gasteiger partial charge in [-0.25, -0.2) is 9.18 Å². The summed E-state index contributed by atoms with van der Waals surface area (Å²) >= 11 is 0. The van der Waals surface area contributed by atoms with Gasteiger partial charge in [-0.15, -0.1) is 0 Å². The first-order valence-electron chi connectivity index (χ1n) is 16.5. The molecule has 0 amide bonds. The number of carbonyl (C=O) groups excluding carboxylic acids is 4. The summed E-state index contributed by atoms with van der Waals surface area (Å²) in [4.78, 5) is 51.3. The second-order valence-electron chi connectivity index (χ2n) is 13.6. The Hall–Kier alpha value is -4.79. The summed E-state index contributed by atoms with van der Waals surface area (Å²) in [5, 5.41) is 13.0. The second kappa shape index (κ2) is 13.4. The van der Waals surface area contributed by atoms with Crippen LogP contribution in [-0.2, 0) is 50.3 Å². The van der Waals surface area contributed by atoms with Crippen LogP contribution in [0, 0.1) is 0 Å². The Morgan fingerprint density at radius 2 is 1.59 bits per heavy atom. The number of benzene rings is 3. The molecular formula is C37H40FNO11Si. The topological polar surface area (TPSA) is 147 Å². The fourth-order valence-electron chi connectivity index (χ4n) is 7.52. The van der Waals surface area contributed by atoms with E-state index in [4.69, 9.17) is 28.4 Å². The van der Waals surface area contributed by atoms with Gasteiger partial charge in [-0.05, 0) is 34.6 Å². The number of anilines is 1. The molecule has 1 fully saturated rings. The molecule has 6 rings (SSSR count). The number of rotatable bonds is 8. The largest absolute Gasteiger partial charge is 0.463 e. The number of hydrogen-bond acceptors (Lipinski definition) is 12. The predicted octanol–water partition coefficient (Wildman–Crippen LogP) is 2.71.